The van der Waals surface area contributed by atoms with Crippen molar-refractivity contribution < 1.29 is 57.8 Å². The highest BCUT2D eigenvalue weighted by Gasteiger charge is 2.30. The smallest absolute Gasteiger partial charge is 0.374 e. The van der Waals surface area contributed by atoms with Crippen molar-refractivity contribution in [2.75, 3.05) is 69.2 Å². The van der Waals surface area contributed by atoms with E-state index < -0.39 is 5.97 Å². The molecule has 5 aliphatic rings. The average Bonchev–Trinajstić information content (AvgIpc) is 1.61. The summed E-state index contributed by atoms with van der Waals surface area (Å²) in [5.41, 5.74) is 24.8. The highest BCUT2D eigenvalue weighted by atomic mass is 16.5. The number of fused-ring (bicyclic) bond motifs is 8. The number of hydrogen-bond acceptors (Lipinski definition) is 17. The van der Waals surface area contributed by atoms with Crippen LogP contribution in [0.1, 0.15) is 137 Å². The molecule has 1 aliphatic carbocycles. The fourth-order valence-corrected chi connectivity index (χ4v) is 14.5. The van der Waals surface area contributed by atoms with Crippen LogP contribution >= 0.6 is 0 Å². The second-order valence-electron chi connectivity index (χ2n) is 27.8. The molecule has 0 atom stereocenters. The molecule has 12 aromatic rings. The minimum atomic E-state index is -0.545. The number of aliphatic hydroxyl groups is 1. The van der Waals surface area contributed by atoms with Gasteiger partial charge in [-0.05, 0) is 220 Å². The molecule has 0 saturated heterocycles. The van der Waals surface area contributed by atoms with E-state index in [9.17, 15) is 53.1 Å². The topological polar surface area (TPSA) is 406 Å². The molecule has 17 rings (SSSR count). The molecule has 1 saturated carbocycles. The van der Waals surface area contributed by atoms with Crippen molar-refractivity contribution in [1.29, 1.82) is 0 Å². The van der Waals surface area contributed by atoms with Crippen molar-refractivity contribution in [2.24, 2.45) is 11.7 Å². The molecule has 582 valence electrons. The van der Waals surface area contributed by atoms with Gasteiger partial charge in [0.25, 0.3) is 23.6 Å². The van der Waals surface area contributed by atoms with E-state index in [0.29, 0.717) is 122 Å². The van der Waals surface area contributed by atoms with E-state index in [0.717, 1.165) is 120 Å². The molecule has 4 aliphatic heterocycles. The summed E-state index contributed by atoms with van der Waals surface area (Å²) in [5, 5.41) is 34.8. The Morgan fingerprint density at radius 3 is 1.09 bits per heavy atom. The zero-order valence-electron chi connectivity index (χ0n) is 63.3. The molecule has 9 amide bonds. The monoisotopic (exact) mass is 1540 g/mol. The summed E-state index contributed by atoms with van der Waals surface area (Å²) in [6, 6.07) is 44.6. The number of rotatable bonds is 17. The maximum absolute atomic E-state index is 12.6. The first-order valence-electron chi connectivity index (χ1n) is 37.7. The average molecular weight is 1540 g/mol. The van der Waals surface area contributed by atoms with Crippen molar-refractivity contribution >= 4 is 126 Å². The lowest BCUT2D eigenvalue weighted by Crippen LogP contribution is -2.27. The molecular formula is C84H84N18O12. The van der Waals surface area contributed by atoms with Crippen LogP contribution in [-0.4, -0.2) is 150 Å². The van der Waals surface area contributed by atoms with Crippen LogP contribution in [0.5, 0.6) is 0 Å². The lowest BCUT2D eigenvalue weighted by atomic mass is 10.0. The summed E-state index contributed by atoms with van der Waals surface area (Å²) >= 11 is 0. The van der Waals surface area contributed by atoms with Gasteiger partial charge >= 0.3 is 5.97 Å². The highest BCUT2D eigenvalue weighted by molar-refractivity contribution is 6.03. The number of nitrogens with two attached hydrogens (primary N) is 1. The third-order valence-electron chi connectivity index (χ3n) is 20.3. The molecule has 0 unspecified atom stereocenters. The predicted octanol–water partition coefficient (Wildman–Crippen LogP) is 8.32. The third-order valence-corrected chi connectivity index (χ3v) is 20.3. The molecule has 12 N–H and O–H groups in total. The Morgan fingerprint density at radius 1 is 0.430 bits per heavy atom. The van der Waals surface area contributed by atoms with E-state index in [1.165, 1.54) is 0 Å². The first kappa shape index (κ1) is 77.0. The number of benzene rings is 8. The Bertz CT molecular complexity index is 5910. The maximum Gasteiger partial charge on any atom is 0.374 e. The number of aliphatic hydroxyl groups excluding tert-OH is 1. The summed E-state index contributed by atoms with van der Waals surface area (Å²) < 4.78 is 12.9. The van der Waals surface area contributed by atoms with Crippen LogP contribution in [-0.2, 0) is 73.8 Å². The van der Waals surface area contributed by atoms with Gasteiger partial charge in [-0.2, -0.15) is 0 Å². The van der Waals surface area contributed by atoms with E-state index in [2.05, 4.69) is 79.1 Å². The molecule has 0 radical (unpaired) electrons. The SMILES string of the molecule is CCOC(=O)c1nc2cc(C(=O)NC)ccc2n1-c1ccc2c(c1)CCC(=O)N2.CNC(=O)c1ccc2c(c1)nc(CCN)n2-c1ccc2c(c1)CCC(=O)N2.CNC(=O)c1ccc2c(c1)nc(CCNC(=O)C1CC1)n2-c1ccc2c(c1)CCC(=O)N2.CNC(=O)c1ccc2c(c1)nc(CO)n2-c1ccc2c(c1)CCC(=O)N2. The van der Waals surface area contributed by atoms with Crippen LogP contribution in [0.4, 0.5) is 22.7 Å². The van der Waals surface area contributed by atoms with Gasteiger partial charge in [0, 0.05) is 147 Å². The Kier molecular flexibility index (Phi) is 22.6. The number of hydrogen-bond donors (Lipinski definition) is 11. The number of esters is 1. The van der Waals surface area contributed by atoms with Gasteiger partial charge in [-0.15, -0.1) is 0 Å². The van der Waals surface area contributed by atoms with Gasteiger partial charge in [-0.25, -0.2) is 24.7 Å². The van der Waals surface area contributed by atoms with Crippen molar-refractivity contribution in [3.05, 3.63) is 213 Å². The summed E-state index contributed by atoms with van der Waals surface area (Å²) in [7, 11) is 6.35. The fourth-order valence-electron chi connectivity index (χ4n) is 14.5. The normalized spacial score (nSPS) is 13.8. The number of aryl methyl sites for hydroxylation is 4. The lowest BCUT2D eigenvalue weighted by molar-refractivity contribution is -0.122. The van der Waals surface area contributed by atoms with E-state index in [1.807, 2.05) is 83.4 Å². The van der Waals surface area contributed by atoms with Crippen molar-refractivity contribution in [3.8, 4) is 22.7 Å². The summed E-state index contributed by atoms with van der Waals surface area (Å²) in [4.78, 5) is 137. The van der Waals surface area contributed by atoms with Crippen LogP contribution in [0.3, 0.4) is 0 Å². The van der Waals surface area contributed by atoms with Crippen LogP contribution in [0.2, 0.25) is 0 Å². The Hall–Kier alpha value is -13.7. The van der Waals surface area contributed by atoms with E-state index in [-0.39, 0.29) is 78.1 Å². The van der Waals surface area contributed by atoms with Gasteiger partial charge in [0.2, 0.25) is 35.4 Å². The number of anilines is 4. The number of imidazole rings is 4. The molecule has 8 aromatic carbocycles. The van der Waals surface area contributed by atoms with Crippen LogP contribution in [0.15, 0.2) is 146 Å². The van der Waals surface area contributed by atoms with Gasteiger partial charge in [-0.1, -0.05) is 0 Å². The van der Waals surface area contributed by atoms with Gasteiger partial charge in [0.15, 0.2) is 0 Å². The molecular weight excluding hydrogens is 1450 g/mol. The highest BCUT2D eigenvalue weighted by Crippen LogP contribution is 2.35. The molecule has 0 spiro atoms. The second-order valence-corrected chi connectivity index (χ2v) is 27.8. The van der Waals surface area contributed by atoms with Crippen LogP contribution < -0.4 is 53.6 Å². The first-order valence-corrected chi connectivity index (χ1v) is 37.7. The van der Waals surface area contributed by atoms with Gasteiger partial charge in [-0.3, -0.25) is 61.4 Å². The number of ether oxygens (including phenoxy) is 1. The van der Waals surface area contributed by atoms with Crippen LogP contribution in [0.25, 0.3) is 66.9 Å². The van der Waals surface area contributed by atoms with E-state index >= 15 is 0 Å². The van der Waals surface area contributed by atoms with Crippen molar-refractivity contribution in [3.63, 3.8) is 0 Å². The van der Waals surface area contributed by atoms with Gasteiger partial charge < -0.3 is 63.4 Å². The molecule has 114 heavy (non-hydrogen) atoms. The Labute approximate surface area is 653 Å². The maximum atomic E-state index is 12.6. The quantitative estimate of drug-likeness (QED) is 0.0382. The Morgan fingerprint density at radius 2 is 0.754 bits per heavy atom. The van der Waals surface area contributed by atoms with Gasteiger partial charge in [0.1, 0.15) is 24.1 Å². The largest absolute Gasteiger partial charge is 0.460 e. The van der Waals surface area contributed by atoms with Crippen molar-refractivity contribution in [2.45, 2.75) is 90.6 Å². The van der Waals surface area contributed by atoms with Crippen molar-refractivity contribution in [1.82, 2.24) is 64.8 Å². The minimum absolute atomic E-state index is 0.00715. The fraction of sp³-hybridized carbons (Fsp3) is 0.262. The zero-order valence-corrected chi connectivity index (χ0v) is 63.3. The number of carbonyl (C=O) groups excluding carboxylic acids is 10. The third kappa shape index (κ3) is 16.2. The van der Waals surface area contributed by atoms with E-state index in [1.54, 1.807) is 94.3 Å². The predicted molar refractivity (Wildman–Crippen MR) is 430 cm³/mol. The Balaban J connectivity index is 0.000000126. The number of nitrogens with zero attached hydrogens (tertiary/aromatic N) is 8. The van der Waals surface area contributed by atoms with Gasteiger partial charge in [0.05, 0.1) is 50.7 Å². The summed E-state index contributed by atoms with van der Waals surface area (Å²) in [6.45, 7) is 2.71. The zero-order chi connectivity index (χ0) is 80.0. The summed E-state index contributed by atoms with van der Waals surface area (Å²) in [5.74, 6) is 1.40. The number of nitrogens with one attached hydrogen (secondary N) is 9. The van der Waals surface area contributed by atoms with Crippen LogP contribution in [0, 0.1) is 5.92 Å². The molecule has 0 bridgehead atoms. The minimum Gasteiger partial charge on any atom is -0.460 e. The number of amides is 9. The first-order chi connectivity index (χ1) is 55.2. The standard InChI is InChI=1S/C24H25N5O3.C21H20N4O4.C20H21N5O2.C19H18N4O3/c1-25-23(31)16-4-8-20-19(13-16)27-21(10-11-26-24(32)14-2-3-14)29(20)17-6-7-18-15(12-17)5-9-22(30)28-18;1-3-29-21(28)19-24-16-11-13(20(27)22-2)4-8-17(16)25(19)14-6-7-15-12(10-14)5-9-18(26)23-15;1-22-20(27)13-2-6-17-16(11-13)23-18(8-9-21)25(17)14-4-5-15-12(10-14)3-7-19(26)24-15;1-20-19(26)12-2-6-16-15(9-12)21-17(10-24)23(16)13-4-5-14-11(8-13)3-7-18(25)22-14/h4,6-8,12-14H,2-3,5,9-11H2,1H3,(H,25,31)(H,26,32)(H,28,30);4,6-8,10-11H,3,5,9H2,1-2H3,(H,22,27)(H,23,26);2,4-6,10-11H,3,7-9,21H2,1H3,(H,22,27)(H,24,26);2,4-6,8-9,24H,3,7,10H2,1H3,(H,20,26)(H,22,25). The molecule has 8 heterocycles. The molecule has 30 heteroatoms. The molecule has 1 fully saturated rings. The molecule has 4 aromatic heterocycles. The number of carbonyl (C=O) groups is 10. The van der Waals surface area contributed by atoms with E-state index in [4.69, 9.17) is 20.4 Å². The molecule has 30 nitrogen and oxygen atoms in total. The lowest BCUT2D eigenvalue weighted by Gasteiger charge is -2.19. The second kappa shape index (κ2) is 33.5. The number of aromatic nitrogens is 8. The summed E-state index contributed by atoms with van der Waals surface area (Å²) in [6.07, 6.45) is 7.68.